The van der Waals surface area contributed by atoms with Crippen LogP contribution in [0.1, 0.15) is 63.5 Å². The molecule has 0 unspecified atom stereocenters. The molecule has 6 nitrogen and oxygen atoms in total. The summed E-state index contributed by atoms with van der Waals surface area (Å²) in [4.78, 5) is 9.92. The Balaban J connectivity index is 1.50. The van der Waals surface area contributed by atoms with Crippen LogP contribution in [0.3, 0.4) is 0 Å². The Kier molecular flexibility index (Phi) is 10.3. The summed E-state index contributed by atoms with van der Waals surface area (Å²) >= 11 is 0. The van der Waals surface area contributed by atoms with E-state index in [9.17, 15) is 5.11 Å². The molecule has 6 heteroatoms. The number of benzene rings is 1. The largest absolute Gasteiger partial charge is 0.396 e. The van der Waals surface area contributed by atoms with Gasteiger partial charge in [-0.2, -0.15) is 0 Å². The number of aliphatic imine (C=N–C) groups is 1. The molecule has 0 amide bonds. The van der Waals surface area contributed by atoms with Gasteiger partial charge in [0.15, 0.2) is 5.96 Å². The molecule has 1 saturated heterocycles. The molecule has 1 aliphatic carbocycles. The number of aliphatic hydroxyl groups is 1. The summed E-state index contributed by atoms with van der Waals surface area (Å²) in [6.07, 6.45) is 7.16. The quantitative estimate of drug-likeness (QED) is 0.383. The van der Waals surface area contributed by atoms with Gasteiger partial charge in [-0.25, -0.2) is 4.99 Å². The molecule has 0 atom stereocenters. The van der Waals surface area contributed by atoms with Gasteiger partial charge in [0.25, 0.3) is 0 Å². The molecular formula is C26H45N5O. The van der Waals surface area contributed by atoms with Gasteiger partial charge in [0, 0.05) is 52.4 Å². The third-order valence-electron chi connectivity index (χ3n) is 7.29. The fourth-order valence-corrected chi connectivity index (χ4v) is 5.11. The number of rotatable bonds is 10. The number of likely N-dealkylation sites (N-methyl/N-ethyl adjacent to an activating group) is 1. The zero-order valence-corrected chi connectivity index (χ0v) is 20.4. The highest BCUT2D eigenvalue weighted by atomic mass is 16.3. The van der Waals surface area contributed by atoms with Crippen LogP contribution in [-0.4, -0.2) is 73.3 Å². The van der Waals surface area contributed by atoms with Gasteiger partial charge in [-0.05, 0) is 49.3 Å². The van der Waals surface area contributed by atoms with E-state index in [1.54, 1.807) is 0 Å². The first-order chi connectivity index (χ1) is 15.7. The van der Waals surface area contributed by atoms with Crippen molar-refractivity contribution in [2.24, 2.45) is 10.4 Å². The summed E-state index contributed by atoms with van der Waals surface area (Å²) in [5, 5.41) is 16.5. The van der Waals surface area contributed by atoms with E-state index in [0.29, 0.717) is 6.54 Å². The predicted octanol–water partition coefficient (Wildman–Crippen LogP) is 3.21. The predicted molar refractivity (Wildman–Crippen MR) is 134 cm³/mol. The minimum atomic E-state index is 0.216. The normalized spacial score (nSPS) is 20.3. The van der Waals surface area contributed by atoms with Gasteiger partial charge in [0.2, 0.25) is 0 Å². The Morgan fingerprint density at radius 2 is 1.59 bits per heavy atom. The van der Waals surface area contributed by atoms with Gasteiger partial charge < -0.3 is 20.6 Å². The molecule has 0 spiro atoms. The Labute approximate surface area is 195 Å². The molecule has 1 heterocycles. The Morgan fingerprint density at radius 3 is 2.22 bits per heavy atom. The number of hydrogen-bond acceptors (Lipinski definition) is 4. The van der Waals surface area contributed by atoms with E-state index < -0.39 is 0 Å². The zero-order chi connectivity index (χ0) is 22.7. The number of nitrogens with one attached hydrogen (secondary N) is 2. The van der Waals surface area contributed by atoms with Gasteiger partial charge >= 0.3 is 0 Å². The SMILES string of the molecule is CCNC(=NCc1ccc(CN2CCN(CC)CC2)cc1)NCC1(CCO)CCCCC1. The van der Waals surface area contributed by atoms with Gasteiger partial charge in [-0.3, -0.25) is 4.90 Å². The highest BCUT2D eigenvalue weighted by Gasteiger charge is 2.31. The lowest BCUT2D eigenvalue weighted by Crippen LogP contribution is -2.45. The number of hydrogen-bond donors (Lipinski definition) is 3. The first-order valence-electron chi connectivity index (χ1n) is 12.8. The van der Waals surface area contributed by atoms with Crippen LogP contribution in [0.4, 0.5) is 0 Å². The van der Waals surface area contributed by atoms with Crippen LogP contribution in [0.5, 0.6) is 0 Å². The Morgan fingerprint density at radius 1 is 0.938 bits per heavy atom. The number of guanidine groups is 1. The van der Waals surface area contributed by atoms with E-state index in [1.807, 2.05) is 0 Å². The maximum absolute atomic E-state index is 9.57. The van der Waals surface area contributed by atoms with Crippen LogP contribution in [0.25, 0.3) is 0 Å². The molecular weight excluding hydrogens is 398 g/mol. The standard InChI is InChI=1S/C26H45N5O/c1-3-27-25(29-22-26(14-19-32)12-6-5-7-13-26)28-20-23-8-10-24(11-9-23)21-31-17-15-30(4-2)16-18-31/h8-11,32H,3-7,12-22H2,1-2H3,(H2,27,28,29). The second-order valence-electron chi connectivity index (χ2n) is 9.61. The Hall–Kier alpha value is -1.63. The van der Waals surface area contributed by atoms with E-state index in [0.717, 1.165) is 51.6 Å². The molecule has 1 aromatic carbocycles. The van der Waals surface area contributed by atoms with E-state index in [2.05, 4.69) is 58.5 Å². The second-order valence-corrected chi connectivity index (χ2v) is 9.61. The molecule has 3 rings (SSSR count). The van der Waals surface area contributed by atoms with Crippen molar-refractivity contribution in [3.8, 4) is 0 Å². The monoisotopic (exact) mass is 443 g/mol. The van der Waals surface area contributed by atoms with Gasteiger partial charge in [-0.1, -0.05) is 50.5 Å². The Bertz CT molecular complexity index is 670. The number of piperazine rings is 1. The van der Waals surface area contributed by atoms with Crippen molar-refractivity contribution >= 4 is 5.96 Å². The second kappa shape index (κ2) is 13.2. The molecule has 2 aliphatic rings. The fraction of sp³-hybridized carbons (Fsp3) is 0.731. The van der Waals surface area contributed by atoms with E-state index in [1.165, 1.54) is 56.3 Å². The zero-order valence-electron chi connectivity index (χ0n) is 20.4. The third-order valence-corrected chi connectivity index (χ3v) is 7.29. The van der Waals surface area contributed by atoms with E-state index in [4.69, 9.17) is 4.99 Å². The van der Waals surface area contributed by atoms with Crippen LogP contribution in [-0.2, 0) is 13.1 Å². The summed E-state index contributed by atoms with van der Waals surface area (Å²) in [7, 11) is 0. The lowest BCUT2D eigenvalue weighted by Gasteiger charge is -2.37. The molecule has 2 fully saturated rings. The summed E-state index contributed by atoms with van der Waals surface area (Å²) in [6.45, 7) is 13.9. The van der Waals surface area contributed by atoms with Crippen LogP contribution >= 0.6 is 0 Å². The van der Waals surface area contributed by atoms with Crippen molar-refractivity contribution < 1.29 is 5.11 Å². The average Bonchev–Trinajstić information content (AvgIpc) is 2.83. The smallest absolute Gasteiger partial charge is 0.191 e. The van der Waals surface area contributed by atoms with Crippen molar-refractivity contribution in [2.45, 2.75) is 65.5 Å². The van der Waals surface area contributed by atoms with Crippen LogP contribution < -0.4 is 10.6 Å². The maximum Gasteiger partial charge on any atom is 0.191 e. The van der Waals surface area contributed by atoms with Crippen molar-refractivity contribution in [2.75, 3.05) is 52.4 Å². The molecule has 0 radical (unpaired) electrons. The fourth-order valence-electron chi connectivity index (χ4n) is 5.11. The lowest BCUT2D eigenvalue weighted by molar-refractivity contribution is 0.131. The van der Waals surface area contributed by atoms with Crippen molar-refractivity contribution in [1.29, 1.82) is 0 Å². The summed E-state index contributed by atoms with van der Waals surface area (Å²) in [5.41, 5.74) is 2.84. The summed E-state index contributed by atoms with van der Waals surface area (Å²) in [6, 6.07) is 8.96. The van der Waals surface area contributed by atoms with Crippen molar-refractivity contribution in [3.05, 3.63) is 35.4 Å². The minimum absolute atomic E-state index is 0.216. The first kappa shape index (κ1) is 25.0. The average molecular weight is 444 g/mol. The summed E-state index contributed by atoms with van der Waals surface area (Å²) < 4.78 is 0. The molecule has 0 bridgehead atoms. The number of nitrogens with zero attached hydrogens (tertiary/aromatic N) is 3. The molecule has 0 aromatic heterocycles. The lowest BCUT2D eigenvalue weighted by atomic mass is 9.72. The molecule has 180 valence electrons. The van der Waals surface area contributed by atoms with Crippen molar-refractivity contribution in [3.63, 3.8) is 0 Å². The minimum Gasteiger partial charge on any atom is -0.396 e. The van der Waals surface area contributed by atoms with Gasteiger partial charge in [-0.15, -0.1) is 0 Å². The van der Waals surface area contributed by atoms with E-state index in [-0.39, 0.29) is 12.0 Å². The molecule has 1 aromatic rings. The van der Waals surface area contributed by atoms with Crippen LogP contribution in [0.15, 0.2) is 29.3 Å². The summed E-state index contributed by atoms with van der Waals surface area (Å²) in [5.74, 6) is 0.883. The van der Waals surface area contributed by atoms with Crippen molar-refractivity contribution in [1.82, 2.24) is 20.4 Å². The maximum atomic E-state index is 9.57. The molecule has 32 heavy (non-hydrogen) atoms. The van der Waals surface area contributed by atoms with E-state index >= 15 is 0 Å². The number of aliphatic hydroxyl groups excluding tert-OH is 1. The molecule has 1 saturated carbocycles. The van der Waals surface area contributed by atoms with Crippen LogP contribution in [0, 0.1) is 5.41 Å². The topological polar surface area (TPSA) is 63.1 Å². The van der Waals surface area contributed by atoms with Gasteiger partial charge in [0.1, 0.15) is 0 Å². The highest BCUT2D eigenvalue weighted by molar-refractivity contribution is 5.79. The van der Waals surface area contributed by atoms with Gasteiger partial charge in [0.05, 0.1) is 6.54 Å². The first-order valence-corrected chi connectivity index (χ1v) is 12.8. The third kappa shape index (κ3) is 7.75. The van der Waals surface area contributed by atoms with Crippen LogP contribution in [0.2, 0.25) is 0 Å². The highest BCUT2D eigenvalue weighted by Crippen LogP contribution is 2.38. The molecule has 3 N–H and O–H groups in total. The molecule has 1 aliphatic heterocycles.